The molecule has 9 nitrogen and oxygen atoms in total. The van der Waals surface area contributed by atoms with Gasteiger partial charge in [0, 0.05) is 54.3 Å². The van der Waals surface area contributed by atoms with Crippen molar-refractivity contribution in [3.8, 4) is 22.9 Å². The predicted octanol–water partition coefficient (Wildman–Crippen LogP) is 6.44. The van der Waals surface area contributed by atoms with E-state index in [-0.39, 0.29) is 17.9 Å². The summed E-state index contributed by atoms with van der Waals surface area (Å²) < 4.78 is 13.4. The highest BCUT2D eigenvalue weighted by Crippen LogP contribution is 2.28. The highest BCUT2D eigenvalue weighted by atomic mass is 35.5. The van der Waals surface area contributed by atoms with E-state index in [2.05, 4.69) is 70.4 Å². The van der Waals surface area contributed by atoms with Crippen LogP contribution in [0, 0.1) is 10.1 Å². The Morgan fingerprint density at radius 2 is 1.64 bits per heavy atom. The Hall–Kier alpha value is -4.08. The van der Waals surface area contributed by atoms with Crippen molar-refractivity contribution in [2.45, 2.75) is 44.5 Å². The molecule has 0 bridgehead atoms. The molecule has 0 N–H and O–H groups in total. The van der Waals surface area contributed by atoms with Gasteiger partial charge in [-0.15, -0.1) is 0 Å². The van der Waals surface area contributed by atoms with Crippen molar-refractivity contribution < 1.29 is 14.4 Å². The fourth-order valence-electron chi connectivity index (χ4n) is 5.71. The summed E-state index contributed by atoms with van der Waals surface area (Å²) in [6, 6.07) is 25.8. The summed E-state index contributed by atoms with van der Waals surface area (Å²) in [7, 11) is 2.23. The average Bonchev–Trinajstić information content (AvgIpc) is 3.45. The van der Waals surface area contributed by atoms with Crippen LogP contribution in [0.15, 0.2) is 79.0 Å². The van der Waals surface area contributed by atoms with Crippen LogP contribution in [0.1, 0.15) is 24.8 Å². The third kappa shape index (κ3) is 6.53. The molecule has 6 rings (SSSR count). The van der Waals surface area contributed by atoms with Crippen molar-refractivity contribution in [2.75, 3.05) is 31.6 Å². The van der Waals surface area contributed by atoms with E-state index in [1.54, 1.807) is 4.57 Å². The van der Waals surface area contributed by atoms with E-state index in [1.165, 1.54) is 28.6 Å². The molecule has 0 aliphatic carbocycles. The van der Waals surface area contributed by atoms with E-state index < -0.39 is 4.92 Å². The Kier molecular flexibility index (Phi) is 8.30. The van der Waals surface area contributed by atoms with Crippen molar-refractivity contribution >= 4 is 23.1 Å². The number of ether oxygens (including phenoxy) is 2. The minimum Gasteiger partial charge on any atom is -0.490 e. The van der Waals surface area contributed by atoms with E-state index in [0.717, 1.165) is 43.2 Å². The zero-order chi connectivity index (χ0) is 29.1. The molecule has 3 heterocycles. The second-order valence-electron chi connectivity index (χ2n) is 11.0. The van der Waals surface area contributed by atoms with Gasteiger partial charge in [-0.05, 0) is 77.9 Å². The molecule has 2 aliphatic heterocycles. The summed E-state index contributed by atoms with van der Waals surface area (Å²) in [5, 5.41) is 11.7. The Bertz CT molecular complexity index is 1500. The Balaban J connectivity index is 0.951. The molecular weight excluding hydrogens is 554 g/mol. The summed E-state index contributed by atoms with van der Waals surface area (Å²) in [5.41, 5.74) is 4.89. The van der Waals surface area contributed by atoms with Crippen molar-refractivity contribution in [1.82, 2.24) is 14.5 Å². The molecule has 1 atom stereocenters. The topological polar surface area (TPSA) is 85.9 Å². The van der Waals surface area contributed by atoms with Gasteiger partial charge >= 0.3 is 11.8 Å². The number of hydrogen-bond acceptors (Lipinski definition) is 7. The predicted molar refractivity (Wildman–Crippen MR) is 163 cm³/mol. The van der Waals surface area contributed by atoms with E-state index >= 15 is 0 Å². The number of piperidine rings is 1. The van der Waals surface area contributed by atoms with Crippen molar-refractivity contribution in [3.05, 3.63) is 99.7 Å². The van der Waals surface area contributed by atoms with E-state index in [0.29, 0.717) is 25.6 Å². The van der Waals surface area contributed by atoms with Crippen LogP contribution in [0.3, 0.4) is 0 Å². The summed E-state index contributed by atoms with van der Waals surface area (Å²) in [6.45, 7) is 3.94. The fraction of sp³-hybridized carbons (Fsp3) is 0.344. The lowest BCUT2D eigenvalue weighted by atomic mass is 10.0. The van der Waals surface area contributed by atoms with Crippen LogP contribution in [0.25, 0.3) is 11.1 Å². The first-order valence-corrected chi connectivity index (χ1v) is 14.7. The molecule has 218 valence electrons. The second-order valence-corrected chi connectivity index (χ2v) is 11.4. The standard InChI is InChI=1S/C32H34ClN5O4/c1-35(20-23-2-4-24(5-3-23)25-6-8-26(33)9-7-25)27-14-17-36(18-15-27)28-10-12-29(13-11-28)41-22-30-16-19-37-21-31(38(39)40)34-32(37)42-30/h2-13,21,27,30H,14-20,22H2,1H3/t30-/m1/s1. The second kappa shape index (κ2) is 12.4. The lowest BCUT2D eigenvalue weighted by molar-refractivity contribution is -0.389. The average molecular weight is 588 g/mol. The maximum absolute atomic E-state index is 11.0. The first-order chi connectivity index (χ1) is 20.4. The van der Waals surface area contributed by atoms with Crippen molar-refractivity contribution in [2.24, 2.45) is 0 Å². The molecule has 1 fully saturated rings. The first-order valence-electron chi connectivity index (χ1n) is 14.3. The molecule has 0 unspecified atom stereocenters. The number of nitrogens with zero attached hydrogens (tertiary/aromatic N) is 5. The summed E-state index contributed by atoms with van der Waals surface area (Å²) in [6.07, 6.45) is 4.15. The molecule has 42 heavy (non-hydrogen) atoms. The van der Waals surface area contributed by atoms with E-state index in [1.807, 2.05) is 24.3 Å². The fourth-order valence-corrected chi connectivity index (χ4v) is 5.83. The van der Waals surface area contributed by atoms with Crippen molar-refractivity contribution in [1.29, 1.82) is 0 Å². The molecule has 3 aromatic carbocycles. The van der Waals surface area contributed by atoms with E-state index in [9.17, 15) is 10.1 Å². The molecule has 0 radical (unpaired) electrons. The molecule has 1 saturated heterocycles. The molecule has 4 aromatic rings. The van der Waals surface area contributed by atoms with Crippen LogP contribution < -0.4 is 14.4 Å². The smallest absolute Gasteiger partial charge is 0.414 e. The quantitative estimate of drug-likeness (QED) is 0.164. The molecule has 10 heteroatoms. The lowest BCUT2D eigenvalue weighted by Gasteiger charge is -2.38. The zero-order valence-electron chi connectivity index (χ0n) is 23.6. The van der Waals surface area contributed by atoms with Gasteiger partial charge in [0.05, 0.1) is 0 Å². The minimum atomic E-state index is -0.508. The number of aryl methyl sites for hydroxylation is 1. The van der Waals surface area contributed by atoms with Gasteiger partial charge in [-0.25, -0.2) is 0 Å². The zero-order valence-corrected chi connectivity index (χ0v) is 24.3. The molecular formula is C32H34ClN5O4. The lowest BCUT2D eigenvalue weighted by Crippen LogP contribution is -2.43. The Morgan fingerprint density at radius 3 is 2.31 bits per heavy atom. The SMILES string of the molecule is CN(Cc1ccc(-c2ccc(Cl)cc2)cc1)C1CCN(c2ccc(OC[C@H]3CCn4cc([N+](=O)[O-])nc4O3)cc2)CC1. The number of imidazole rings is 1. The van der Waals surface area contributed by atoms with Crippen LogP contribution in [0.4, 0.5) is 11.5 Å². The summed E-state index contributed by atoms with van der Waals surface area (Å²) >= 11 is 6.03. The van der Waals surface area contributed by atoms with Gasteiger partial charge < -0.3 is 24.5 Å². The molecule has 1 aromatic heterocycles. The van der Waals surface area contributed by atoms with Gasteiger partial charge in [-0.2, -0.15) is 0 Å². The number of fused-ring (bicyclic) bond motifs is 1. The number of anilines is 1. The molecule has 0 amide bonds. The maximum atomic E-state index is 11.0. The number of hydrogen-bond donors (Lipinski definition) is 0. The monoisotopic (exact) mass is 587 g/mol. The minimum absolute atomic E-state index is 0.196. The first kappa shape index (κ1) is 28.1. The molecule has 2 aliphatic rings. The van der Waals surface area contributed by atoms with Gasteiger partial charge in [-0.3, -0.25) is 9.47 Å². The third-order valence-electron chi connectivity index (χ3n) is 8.17. The Morgan fingerprint density at radius 1 is 0.976 bits per heavy atom. The van der Waals surface area contributed by atoms with Gasteiger partial charge in [0.1, 0.15) is 24.7 Å². The van der Waals surface area contributed by atoms with Crippen LogP contribution in [0.2, 0.25) is 5.02 Å². The number of benzene rings is 3. The van der Waals surface area contributed by atoms with Crippen molar-refractivity contribution in [3.63, 3.8) is 0 Å². The Labute approximate surface area is 250 Å². The number of halogens is 1. The van der Waals surface area contributed by atoms with Crippen LogP contribution >= 0.6 is 11.6 Å². The molecule has 0 saturated carbocycles. The number of nitro groups is 1. The van der Waals surface area contributed by atoms with Gasteiger partial charge in [0.2, 0.25) is 0 Å². The normalized spacial score (nSPS) is 17.1. The summed E-state index contributed by atoms with van der Waals surface area (Å²) in [5.74, 6) is 0.581. The van der Waals surface area contributed by atoms with E-state index in [4.69, 9.17) is 21.1 Å². The number of aromatic nitrogens is 2. The highest BCUT2D eigenvalue weighted by molar-refractivity contribution is 6.30. The van der Waals surface area contributed by atoms with Crippen LogP contribution in [0.5, 0.6) is 11.8 Å². The van der Waals surface area contributed by atoms with Gasteiger partial charge in [0.25, 0.3) is 0 Å². The van der Waals surface area contributed by atoms with Crippen LogP contribution in [-0.4, -0.2) is 58.3 Å². The third-order valence-corrected chi connectivity index (χ3v) is 8.42. The largest absolute Gasteiger partial charge is 0.490 e. The highest BCUT2D eigenvalue weighted by Gasteiger charge is 2.28. The van der Waals surface area contributed by atoms with Crippen LogP contribution in [-0.2, 0) is 13.1 Å². The maximum Gasteiger partial charge on any atom is 0.414 e. The molecule has 0 spiro atoms. The summed E-state index contributed by atoms with van der Waals surface area (Å²) in [4.78, 5) is 19.3. The van der Waals surface area contributed by atoms with Gasteiger partial charge in [0.15, 0.2) is 0 Å². The number of rotatable bonds is 9. The van der Waals surface area contributed by atoms with Gasteiger partial charge in [-0.1, -0.05) is 48.0 Å².